The lowest BCUT2D eigenvalue weighted by molar-refractivity contribution is -0.140. The van der Waals surface area contributed by atoms with Crippen molar-refractivity contribution in [1.29, 1.82) is 0 Å². The Kier molecular flexibility index (Phi) is 6.18. The van der Waals surface area contributed by atoms with Crippen LogP contribution >= 0.6 is 11.8 Å². The van der Waals surface area contributed by atoms with Crippen LogP contribution in [0.1, 0.15) is 30.6 Å². The second-order valence-corrected chi connectivity index (χ2v) is 5.62. The van der Waals surface area contributed by atoms with E-state index < -0.39 is 35.3 Å². The molecule has 3 nitrogen and oxygen atoms in total. The van der Waals surface area contributed by atoms with Gasteiger partial charge in [0.15, 0.2) is 5.12 Å². The Morgan fingerprint density at radius 3 is 2.48 bits per heavy atom. The van der Waals surface area contributed by atoms with E-state index in [1.807, 2.05) is 0 Å². The molecule has 0 bridgehead atoms. The molecule has 118 valence electrons. The molecule has 0 amide bonds. The molecule has 0 heterocycles. The van der Waals surface area contributed by atoms with Crippen molar-refractivity contribution in [3.05, 3.63) is 35.1 Å². The monoisotopic (exact) mass is 326 g/mol. The highest BCUT2D eigenvalue weighted by Crippen LogP contribution is 2.34. The highest BCUT2D eigenvalue weighted by molar-refractivity contribution is 8.13. The van der Waals surface area contributed by atoms with Crippen molar-refractivity contribution in [1.82, 2.24) is 0 Å². The van der Waals surface area contributed by atoms with Gasteiger partial charge >= 0.3 is 6.18 Å². The van der Waals surface area contributed by atoms with E-state index in [9.17, 15) is 32.6 Å². The minimum Gasteiger partial charge on any atom is -0.390 e. The average molecular weight is 326 g/mol. The summed E-state index contributed by atoms with van der Waals surface area (Å²) in [6.45, 7) is 1.32. The van der Waals surface area contributed by atoms with E-state index in [4.69, 9.17) is 0 Å². The minimum absolute atomic E-state index is 0.0545. The van der Waals surface area contributed by atoms with E-state index in [1.54, 1.807) is 0 Å². The van der Waals surface area contributed by atoms with E-state index in [0.29, 0.717) is 6.07 Å². The summed E-state index contributed by atoms with van der Waals surface area (Å²) in [5.41, 5.74) is -2.12. The van der Waals surface area contributed by atoms with Crippen LogP contribution in [0.4, 0.5) is 17.6 Å². The van der Waals surface area contributed by atoms with Gasteiger partial charge in [0.25, 0.3) is 0 Å². The SMILES string of the molecule is CC(=O)SCCC(O)C(O)c1cccc(C(F)(F)F)c1F. The van der Waals surface area contributed by atoms with Crippen molar-refractivity contribution in [2.24, 2.45) is 0 Å². The summed E-state index contributed by atoms with van der Waals surface area (Å²) in [6, 6.07) is 2.50. The predicted molar refractivity (Wildman–Crippen MR) is 70.1 cm³/mol. The molecule has 8 heteroatoms. The Morgan fingerprint density at radius 2 is 1.95 bits per heavy atom. The maximum Gasteiger partial charge on any atom is 0.419 e. The third-order valence-corrected chi connectivity index (χ3v) is 3.58. The van der Waals surface area contributed by atoms with Crippen molar-refractivity contribution in [2.75, 3.05) is 5.75 Å². The number of thioether (sulfide) groups is 1. The molecule has 0 aliphatic heterocycles. The Morgan fingerprint density at radius 1 is 1.33 bits per heavy atom. The van der Waals surface area contributed by atoms with E-state index in [0.717, 1.165) is 23.9 Å². The molecule has 0 radical (unpaired) electrons. The molecular formula is C13H14F4O3S. The topological polar surface area (TPSA) is 57.5 Å². The molecule has 1 aromatic carbocycles. The molecule has 0 fully saturated rings. The Balaban J connectivity index is 2.87. The number of carbonyl (C=O) groups is 1. The Labute approximate surface area is 123 Å². The van der Waals surface area contributed by atoms with Crippen LogP contribution in [0.5, 0.6) is 0 Å². The Bertz CT molecular complexity index is 505. The van der Waals surface area contributed by atoms with Crippen LogP contribution in [0.15, 0.2) is 18.2 Å². The molecule has 2 atom stereocenters. The summed E-state index contributed by atoms with van der Waals surface area (Å²) in [5, 5.41) is 19.3. The second-order valence-electron chi connectivity index (χ2n) is 4.35. The standard InChI is InChI=1S/C13H14F4O3S/c1-7(18)21-6-5-10(19)12(20)8-3-2-4-9(11(8)14)13(15,16)17/h2-4,10,12,19-20H,5-6H2,1H3. The van der Waals surface area contributed by atoms with Crippen LogP contribution in [-0.4, -0.2) is 27.2 Å². The first-order valence-corrected chi connectivity index (χ1v) is 6.98. The van der Waals surface area contributed by atoms with Gasteiger partial charge in [-0.1, -0.05) is 23.9 Å². The zero-order valence-corrected chi connectivity index (χ0v) is 11.8. The largest absolute Gasteiger partial charge is 0.419 e. The van der Waals surface area contributed by atoms with Crippen LogP contribution in [-0.2, 0) is 11.0 Å². The summed E-state index contributed by atoms with van der Waals surface area (Å²) >= 11 is 0.900. The molecule has 0 aliphatic rings. The summed E-state index contributed by atoms with van der Waals surface area (Å²) in [6.07, 6.45) is -8.19. The molecule has 21 heavy (non-hydrogen) atoms. The number of alkyl halides is 3. The predicted octanol–water partition coefficient (Wildman–Crippen LogP) is 2.91. The molecular weight excluding hydrogens is 312 g/mol. The second kappa shape index (κ2) is 7.24. The molecule has 0 aliphatic carbocycles. The fraction of sp³-hybridized carbons (Fsp3) is 0.462. The van der Waals surface area contributed by atoms with E-state index in [1.165, 1.54) is 6.92 Å². The molecule has 2 N–H and O–H groups in total. The van der Waals surface area contributed by atoms with Gasteiger partial charge in [0, 0.05) is 18.2 Å². The van der Waals surface area contributed by atoms with E-state index >= 15 is 0 Å². The lowest BCUT2D eigenvalue weighted by Crippen LogP contribution is -2.21. The number of hydrogen-bond donors (Lipinski definition) is 2. The van der Waals surface area contributed by atoms with Gasteiger partial charge < -0.3 is 10.2 Å². The first-order chi connectivity index (χ1) is 9.64. The number of aliphatic hydroxyl groups is 2. The van der Waals surface area contributed by atoms with Crippen molar-refractivity contribution in [3.8, 4) is 0 Å². The Hall–Kier alpha value is -1.12. The molecule has 0 saturated carbocycles. The van der Waals surface area contributed by atoms with Gasteiger partial charge in [-0.25, -0.2) is 4.39 Å². The first-order valence-electron chi connectivity index (χ1n) is 5.99. The third kappa shape index (κ3) is 4.98. The fourth-order valence-electron chi connectivity index (χ4n) is 1.69. The number of carbonyl (C=O) groups excluding carboxylic acids is 1. The number of aliphatic hydroxyl groups excluding tert-OH is 2. The fourth-order valence-corrected chi connectivity index (χ4v) is 2.33. The van der Waals surface area contributed by atoms with Crippen LogP contribution < -0.4 is 0 Å². The molecule has 0 aromatic heterocycles. The number of halogens is 4. The lowest BCUT2D eigenvalue weighted by atomic mass is 9.99. The third-order valence-electron chi connectivity index (χ3n) is 2.74. The minimum atomic E-state index is -4.88. The highest BCUT2D eigenvalue weighted by atomic mass is 32.2. The molecule has 1 rings (SSSR count). The van der Waals surface area contributed by atoms with Gasteiger partial charge in [-0.15, -0.1) is 0 Å². The zero-order chi connectivity index (χ0) is 16.2. The summed E-state index contributed by atoms with van der Waals surface area (Å²) in [5.74, 6) is -1.43. The lowest BCUT2D eigenvalue weighted by Gasteiger charge is -2.20. The van der Waals surface area contributed by atoms with Crippen LogP contribution in [0, 0.1) is 5.82 Å². The summed E-state index contributed by atoms with van der Waals surface area (Å²) in [4.78, 5) is 10.7. The van der Waals surface area contributed by atoms with Gasteiger partial charge in [-0.05, 0) is 12.5 Å². The van der Waals surface area contributed by atoms with Gasteiger partial charge in [0.2, 0.25) is 0 Å². The van der Waals surface area contributed by atoms with Gasteiger partial charge in [0.1, 0.15) is 11.9 Å². The van der Waals surface area contributed by atoms with Gasteiger partial charge in [0.05, 0.1) is 11.7 Å². The summed E-state index contributed by atoms with van der Waals surface area (Å²) < 4.78 is 51.5. The number of hydrogen-bond acceptors (Lipinski definition) is 4. The highest BCUT2D eigenvalue weighted by Gasteiger charge is 2.36. The van der Waals surface area contributed by atoms with E-state index in [-0.39, 0.29) is 17.3 Å². The van der Waals surface area contributed by atoms with E-state index in [2.05, 4.69) is 0 Å². The quantitative estimate of drug-likeness (QED) is 0.817. The van der Waals surface area contributed by atoms with Crippen LogP contribution in [0.2, 0.25) is 0 Å². The van der Waals surface area contributed by atoms with Crippen molar-refractivity contribution >= 4 is 16.9 Å². The smallest absolute Gasteiger partial charge is 0.390 e. The normalized spacial score (nSPS) is 14.8. The van der Waals surface area contributed by atoms with Crippen LogP contribution in [0.25, 0.3) is 0 Å². The molecule has 2 unspecified atom stereocenters. The zero-order valence-electron chi connectivity index (χ0n) is 11.0. The molecule has 0 spiro atoms. The van der Waals surface area contributed by atoms with Gasteiger partial charge in [-0.3, -0.25) is 4.79 Å². The molecule has 0 saturated heterocycles. The maximum atomic E-state index is 13.8. The molecule has 1 aromatic rings. The van der Waals surface area contributed by atoms with Crippen molar-refractivity contribution < 1.29 is 32.6 Å². The van der Waals surface area contributed by atoms with Crippen molar-refractivity contribution in [2.45, 2.75) is 31.7 Å². The first kappa shape index (κ1) is 17.9. The summed E-state index contributed by atoms with van der Waals surface area (Å²) in [7, 11) is 0. The van der Waals surface area contributed by atoms with Crippen molar-refractivity contribution in [3.63, 3.8) is 0 Å². The van der Waals surface area contributed by atoms with Crippen LogP contribution in [0.3, 0.4) is 0 Å². The number of benzene rings is 1. The average Bonchev–Trinajstić information content (AvgIpc) is 2.36. The number of rotatable bonds is 5. The van der Waals surface area contributed by atoms with Gasteiger partial charge in [-0.2, -0.15) is 13.2 Å². The maximum absolute atomic E-state index is 13.8.